The summed E-state index contributed by atoms with van der Waals surface area (Å²) in [6.07, 6.45) is 6.32. The van der Waals surface area contributed by atoms with Crippen LogP contribution in [0.25, 0.3) is 0 Å². The lowest BCUT2D eigenvalue weighted by molar-refractivity contribution is -0.143. The van der Waals surface area contributed by atoms with Gasteiger partial charge in [0.05, 0.1) is 12.4 Å². The fourth-order valence-electron chi connectivity index (χ4n) is 3.46. The number of nitrogens with one attached hydrogen (secondary N) is 4. The molecule has 214 valence electrons. The van der Waals surface area contributed by atoms with Crippen LogP contribution in [0.2, 0.25) is 0 Å². The molecule has 0 radical (unpaired) electrons. The number of hydrogen-bond donors (Lipinski definition) is 8. The number of aromatic nitrogens is 2. The average molecular weight is 556 g/mol. The third-order valence-electron chi connectivity index (χ3n) is 5.94. The number of carbonyl (C=O) groups excluding carboxylic acids is 3. The van der Waals surface area contributed by atoms with Crippen molar-refractivity contribution in [2.45, 2.75) is 70.1 Å². The Labute approximate surface area is 226 Å². The van der Waals surface area contributed by atoms with Gasteiger partial charge in [0.2, 0.25) is 17.7 Å². The van der Waals surface area contributed by atoms with Crippen LogP contribution in [0, 0.1) is 5.92 Å². The quantitative estimate of drug-likeness (QED) is 0.0602. The zero-order valence-electron chi connectivity index (χ0n) is 22.1. The average Bonchev–Trinajstić information content (AvgIpc) is 3.39. The van der Waals surface area contributed by atoms with Crippen molar-refractivity contribution in [2.24, 2.45) is 28.1 Å². The maximum Gasteiger partial charge on any atom is 0.326 e. The van der Waals surface area contributed by atoms with Crippen molar-refractivity contribution < 1.29 is 24.3 Å². The number of thioether (sulfide) groups is 1. The van der Waals surface area contributed by atoms with Crippen molar-refractivity contribution in [2.75, 3.05) is 18.6 Å². The van der Waals surface area contributed by atoms with Gasteiger partial charge in [-0.25, -0.2) is 9.78 Å². The summed E-state index contributed by atoms with van der Waals surface area (Å²) in [7, 11) is 0. The molecule has 0 fully saturated rings. The Hall–Kier alpha value is -3.33. The van der Waals surface area contributed by atoms with E-state index in [9.17, 15) is 24.3 Å². The summed E-state index contributed by atoms with van der Waals surface area (Å²) in [4.78, 5) is 61.6. The van der Waals surface area contributed by atoms with E-state index in [-0.39, 0.29) is 31.3 Å². The number of carbonyl (C=O) groups is 4. The molecule has 1 aromatic rings. The van der Waals surface area contributed by atoms with E-state index in [4.69, 9.17) is 17.2 Å². The normalized spacial score (nSPS) is 14.8. The molecule has 0 aliphatic rings. The van der Waals surface area contributed by atoms with Gasteiger partial charge in [0.15, 0.2) is 5.96 Å². The number of aromatic amines is 1. The maximum absolute atomic E-state index is 13.3. The topological polar surface area (TPSA) is 244 Å². The Balaban J connectivity index is 3.10. The highest BCUT2D eigenvalue weighted by atomic mass is 32.2. The van der Waals surface area contributed by atoms with Gasteiger partial charge in [-0.2, -0.15) is 11.8 Å². The van der Waals surface area contributed by atoms with Gasteiger partial charge in [0.1, 0.15) is 18.1 Å². The first-order valence-electron chi connectivity index (χ1n) is 12.4. The minimum Gasteiger partial charge on any atom is -0.480 e. The SMILES string of the molecule is CCC(C)C(NC(=O)C(Cc1cnc[nH]1)NC(=O)C(CCCN=C(N)N)NC(=O)C(N)CCSC)C(=O)O. The largest absolute Gasteiger partial charge is 0.480 e. The highest BCUT2D eigenvalue weighted by Gasteiger charge is 2.32. The van der Waals surface area contributed by atoms with Crippen LogP contribution in [0.3, 0.4) is 0 Å². The van der Waals surface area contributed by atoms with Crippen molar-refractivity contribution in [1.82, 2.24) is 25.9 Å². The summed E-state index contributed by atoms with van der Waals surface area (Å²) >= 11 is 1.54. The number of amides is 3. The Morgan fingerprint density at radius 3 is 2.32 bits per heavy atom. The molecule has 11 N–H and O–H groups in total. The molecule has 1 rings (SSSR count). The lowest BCUT2D eigenvalue weighted by Gasteiger charge is -2.26. The molecule has 3 amide bonds. The molecule has 0 aliphatic carbocycles. The van der Waals surface area contributed by atoms with Gasteiger partial charge in [-0.3, -0.25) is 19.4 Å². The highest BCUT2D eigenvalue weighted by Crippen LogP contribution is 2.10. The van der Waals surface area contributed by atoms with E-state index in [1.807, 2.05) is 13.2 Å². The summed E-state index contributed by atoms with van der Waals surface area (Å²) in [6.45, 7) is 3.76. The maximum atomic E-state index is 13.3. The van der Waals surface area contributed by atoms with E-state index < -0.39 is 47.9 Å². The van der Waals surface area contributed by atoms with Gasteiger partial charge in [-0.05, 0) is 37.2 Å². The van der Waals surface area contributed by atoms with E-state index in [2.05, 4.69) is 30.9 Å². The van der Waals surface area contributed by atoms with Crippen LogP contribution in [0.4, 0.5) is 0 Å². The van der Waals surface area contributed by atoms with Crippen molar-refractivity contribution >= 4 is 41.4 Å². The van der Waals surface area contributed by atoms with Crippen molar-refractivity contribution in [3.8, 4) is 0 Å². The second-order valence-electron chi connectivity index (χ2n) is 8.95. The number of aliphatic imine (C=N–C) groups is 1. The standard InChI is InChI=1S/C23H41N9O5S/c1-4-13(2)18(22(36)37)32-21(35)17(10-14-11-27-12-29-14)31-20(34)16(6-5-8-28-23(25)26)30-19(33)15(24)7-9-38-3/h11-13,15-18H,4-10,24H2,1-3H3,(H,27,29)(H,30,33)(H,31,34)(H,32,35)(H,36,37)(H4,25,26,28). The second kappa shape index (κ2) is 17.2. The van der Waals surface area contributed by atoms with Gasteiger partial charge in [-0.15, -0.1) is 0 Å². The zero-order valence-corrected chi connectivity index (χ0v) is 22.9. The molecule has 15 heteroatoms. The number of nitrogens with zero attached hydrogens (tertiary/aromatic N) is 2. The molecule has 5 atom stereocenters. The highest BCUT2D eigenvalue weighted by molar-refractivity contribution is 7.98. The van der Waals surface area contributed by atoms with Crippen LogP contribution in [0.5, 0.6) is 0 Å². The molecular formula is C23H41N9O5S. The van der Waals surface area contributed by atoms with Crippen LogP contribution >= 0.6 is 11.8 Å². The zero-order chi connectivity index (χ0) is 28.7. The third kappa shape index (κ3) is 11.8. The first-order valence-corrected chi connectivity index (χ1v) is 13.8. The van der Waals surface area contributed by atoms with Crippen molar-refractivity contribution in [3.63, 3.8) is 0 Å². The number of hydrogen-bond acceptors (Lipinski definition) is 8. The number of imidazole rings is 1. The molecule has 38 heavy (non-hydrogen) atoms. The summed E-state index contributed by atoms with van der Waals surface area (Å²) < 4.78 is 0. The van der Waals surface area contributed by atoms with Crippen molar-refractivity contribution in [3.05, 3.63) is 18.2 Å². The van der Waals surface area contributed by atoms with E-state index in [0.29, 0.717) is 30.7 Å². The fourth-order valence-corrected chi connectivity index (χ4v) is 3.95. The van der Waals surface area contributed by atoms with E-state index >= 15 is 0 Å². The van der Waals surface area contributed by atoms with E-state index in [0.717, 1.165) is 0 Å². The van der Waals surface area contributed by atoms with Crippen LogP contribution in [0.1, 0.15) is 45.2 Å². The number of H-pyrrole nitrogens is 1. The Morgan fingerprint density at radius 1 is 1.11 bits per heavy atom. The molecule has 0 saturated heterocycles. The molecule has 0 spiro atoms. The predicted molar refractivity (Wildman–Crippen MR) is 146 cm³/mol. The smallest absolute Gasteiger partial charge is 0.326 e. The number of nitrogens with two attached hydrogens (primary N) is 3. The number of rotatable bonds is 18. The van der Waals surface area contributed by atoms with Crippen LogP contribution in [-0.2, 0) is 25.6 Å². The van der Waals surface area contributed by atoms with E-state index in [1.165, 1.54) is 12.5 Å². The number of carboxylic acid groups (broad SMARTS) is 1. The monoisotopic (exact) mass is 555 g/mol. The van der Waals surface area contributed by atoms with Crippen molar-refractivity contribution in [1.29, 1.82) is 0 Å². The molecular weight excluding hydrogens is 514 g/mol. The number of aliphatic carboxylic acids is 1. The van der Waals surface area contributed by atoms with Gasteiger partial charge in [-0.1, -0.05) is 20.3 Å². The summed E-state index contributed by atoms with van der Waals surface area (Å²) in [6, 6.07) is -4.13. The fraction of sp³-hybridized carbons (Fsp3) is 0.652. The van der Waals surface area contributed by atoms with Crippen LogP contribution < -0.4 is 33.2 Å². The molecule has 0 aromatic carbocycles. The first kappa shape index (κ1) is 32.7. The summed E-state index contributed by atoms with van der Waals surface area (Å²) in [5, 5.41) is 17.4. The van der Waals surface area contributed by atoms with Crippen LogP contribution in [-0.4, -0.2) is 87.4 Å². The first-order chi connectivity index (χ1) is 18.0. The lowest BCUT2D eigenvalue weighted by atomic mass is 9.98. The second-order valence-corrected chi connectivity index (χ2v) is 9.94. The Kier molecular flexibility index (Phi) is 14.8. The van der Waals surface area contributed by atoms with Gasteiger partial charge < -0.3 is 43.2 Å². The minimum absolute atomic E-state index is 0.0202. The minimum atomic E-state index is -1.18. The third-order valence-corrected chi connectivity index (χ3v) is 6.58. The predicted octanol–water partition coefficient (Wildman–Crippen LogP) is -1.33. The van der Waals surface area contributed by atoms with Gasteiger partial charge >= 0.3 is 5.97 Å². The molecule has 5 unspecified atom stereocenters. The molecule has 1 aromatic heterocycles. The molecule has 0 saturated carbocycles. The Bertz CT molecular complexity index is 924. The van der Waals surface area contributed by atoms with Gasteiger partial charge in [0.25, 0.3) is 0 Å². The summed E-state index contributed by atoms with van der Waals surface area (Å²) in [5.74, 6) is -2.76. The molecule has 1 heterocycles. The molecule has 0 aliphatic heterocycles. The van der Waals surface area contributed by atoms with E-state index in [1.54, 1.807) is 18.7 Å². The number of carboxylic acids is 1. The van der Waals surface area contributed by atoms with Crippen LogP contribution in [0.15, 0.2) is 17.5 Å². The van der Waals surface area contributed by atoms with Gasteiger partial charge in [0, 0.05) is 24.9 Å². The molecule has 14 nitrogen and oxygen atoms in total. The molecule has 0 bridgehead atoms. The number of guanidine groups is 1. The summed E-state index contributed by atoms with van der Waals surface area (Å²) in [5.41, 5.74) is 17.2. The lowest BCUT2D eigenvalue weighted by Crippen LogP contribution is -2.58. The Morgan fingerprint density at radius 2 is 1.76 bits per heavy atom.